The zero-order valence-corrected chi connectivity index (χ0v) is 16.0. The van der Waals surface area contributed by atoms with Crippen LogP contribution in [0.25, 0.3) is 21.7 Å². The minimum Gasteiger partial charge on any atom is -0.422 e. The summed E-state index contributed by atoms with van der Waals surface area (Å²) < 4.78 is 5.60. The van der Waals surface area contributed by atoms with E-state index in [1.54, 1.807) is 6.07 Å². The van der Waals surface area contributed by atoms with Gasteiger partial charge in [-0.15, -0.1) is 0 Å². The van der Waals surface area contributed by atoms with Crippen molar-refractivity contribution in [2.24, 2.45) is 0 Å². The van der Waals surface area contributed by atoms with Gasteiger partial charge in [-0.25, -0.2) is 4.79 Å². The zero-order chi connectivity index (χ0) is 19.1. The molecule has 1 aliphatic heterocycles. The third-order valence-electron chi connectivity index (χ3n) is 5.42. The molecule has 0 radical (unpaired) electrons. The van der Waals surface area contributed by atoms with Crippen molar-refractivity contribution in [2.75, 3.05) is 36.0 Å². The molecule has 0 unspecified atom stereocenters. The van der Waals surface area contributed by atoms with E-state index < -0.39 is 0 Å². The molecule has 0 spiro atoms. The van der Waals surface area contributed by atoms with Gasteiger partial charge in [0.1, 0.15) is 5.58 Å². The molecule has 1 saturated heterocycles. The van der Waals surface area contributed by atoms with Crippen LogP contribution in [0.15, 0.2) is 75.9 Å². The highest BCUT2D eigenvalue weighted by Crippen LogP contribution is 2.32. The molecule has 1 fully saturated rings. The molecule has 0 atom stereocenters. The van der Waals surface area contributed by atoms with Crippen molar-refractivity contribution in [1.82, 2.24) is 0 Å². The summed E-state index contributed by atoms with van der Waals surface area (Å²) in [6.07, 6.45) is 0. The first-order chi connectivity index (χ1) is 13.7. The molecule has 0 bridgehead atoms. The molecule has 1 aromatic heterocycles. The maximum Gasteiger partial charge on any atom is 0.338 e. The number of hydrogen-bond donors (Lipinski definition) is 0. The number of halogens is 1. The first-order valence-electron chi connectivity index (χ1n) is 9.40. The summed E-state index contributed by atoms with van der Waals surface area (Å²) in [5.74, 6) is 0. The second-order valence-corrected chi connectivity index (χ2v) is 7.50. The van der Waals surface area contributed by atoms with Crippen LogP contribution in [0.5, 0.6) is 0 Å². The van der Waals surface area contributed by atoms with Crippen molar-refractivity contribution in [3.8, 4) is 0 Å². The Kier molecular flexibility index (Phi) is 4.21. The summed E-state index contributed by atoms with van der Waals surface area (Å²) in [7, 11) is 0. The first kappa shape index (κ1) is 17.1. The van der Waals surface area contributed by atoms with Crippen LogP contribution in [-0.4, -0.2) is 26.2 Å². The maximum atomic E-state index is 12.3. The minimum absolute atomic E-state index is 0.306. The predicted molar refractivity (Wildman–Crippen MR) is 116 cm³/mol. The van der Waals surface area contributed by atoms with Crippen molar-refractivity contribution in [2.45, 2.75) is 0 Å². The normalized spacial score (nSPS) is 14.8. The summed E-state index contributed by atoms with van der Waals surface area (Å²) in [5.41, 5.74) is 2.49. The van der Waals surface area contributed by atoms with Gasteiger partial charge in [0.25, 0.3) is 0 Å². The van der Waals surface area contributed by atoms with E-state index in [0.29, 0.717) is 5.58 Å². The number of hydrogen-bond acceptors (Lipinski definition) is 4. The van der Waals surface area contributed by atoms with Crippen molar-refractivity contribution >= 4 is 44.7 Å². The molecule has 2 heterocycles. The van der Waals surface area contributed by atoms with Crippen LogP contribution in [0.2, 0.25) is 5.02 Å². The fourth-order valence-corrected chi connectivity index (χ4v) is 4.12. The third kappa shape index (κ3) is 3.00. The Labute approximate surface area is 167 Å². The van der Waals surface area contributed by atoms with E-state index in [4.69, 9.17) is 16.0 Å². The minimum atomic E-state index is -0.306. The summed E-state index contributed by atoms with van der Waals surface area (Å²) in [6.45, 7) is 3.45. The molecular formula is C23H19ClN2O2. The SMILES string of the molecule is O=c1cc(N2CCN(c3ccc(Cl)cc3)CC2)c2ccc3ccccc3c2o1. The Bertz CT molecular complexity index is 1210. The number of benzene rings is 3. The lowest BCUT2D eigenvalue weighted by Gasteiger charge is -2.37. The van der Waals surface area contributed by atoms with Gasteiger partial charge >= 0.3 is 5.63 Å². The Balaban J connectivity index is 1.49. The number of anilines is 2. The van der Waals surface area contributed by atoms with E-state index in [1.807, 2.05) is 36.4 Å². The van der Waals surface area contributed by atoms with Crippen LogP contribution < -0.4 is 15.4 Å². The van der Waals surface area contributed by atoms with Gasteiger partial charge in [-0.05, 0) is 35.7 Å². The van der Waals surface area contributed by atoms with Gasteiger partial charge in [0.15, 0.2) is 0 Å². The molecule has 0 N–H and O–H groups in total. The molecule has 28 heavy (non-hydrogen) atoms. The molecular weight excluding hydrogens is 372 g/mol. The lowest BCUT2D eigenvalue weighted by molar-refractivity contribution is 0.562. The van der Waals surface area contributed by atoms with E-state index in [0.717, 1.165) is 53.0 Å². The molecule has 4 nitrogen and oxygen atoms in total. The average Bonchev–Trinajstić information content (AvgIpc) is 2.74. The van der Waals surface area contributed by atoms with Crippen molar-refractivity contribution in [3.05, 3.63) is 82.2 Å². The largest absolute Gasteiger partial charge is 0.422 e. The lowest BCUT2D eigenvalue weighted by atomic mass is 10.1. The molecule has 0 aliphatic carbocycles. The molecule has 1 aliphatic rings. The molecule has 5 rings (SSSR count). The van der Waals surface area contributed by atoms with Gasteiger partial charge in [0.2, 0.25) is 0 Å². The summed E-state index contributed by atoms with van der Waals surface area (Å²) in [5, 5.41) is 3.77. The standard InChI is InChI=1S/C23H19ClN2O2/c24-17-6-8-18(9-7-17)25-11-13-26(14-12-25)21-15-22(27)28-23-19-4-2-1-3-16(19)5-10-20(21)23/h1-10,15H,11-14H2. The highest BCUT2D eigenvalue weighted by atomic mass is 35.5. The monoisotopic (exact) mass is 390 g/mol. The number of nitrogens with zero attached hydrogens (tertiary/aromatic N) is 2. The maximum absolute atomic E-state index is 12.3. The summed E-state index contributed by atoms with van der Waals surface area (Å²) in [6, 6.07) is 21.7. The zero-order valence-electron chi connectivity index (χ0n) is 15.3. The third-order valence-corrected chi connectivity index (χ3v) is 5.68. The van der Waals surface area contributed by atoms with Gasteiger partial charge in [-0.1, -0.05) is 41.9 Å². The van der Waals surface area contributed by atoms with Gasteiger partial charge in [-0.2, -0.15) is 0 Å². The van der Waals surface area contributed by atoms with Crippen LogP contribution in [0.3, 0.4) is 0 Å². The van der Waals surface area contributed by atoms with Gasteiger partial charge in [-0.3, -0.25) is 0 Å². The Morgan fingerprint density at radius 2 is 1.50 bits per heavy atom. The topological polar surface area (TPSA) is 36.7 Å². The average molecular weight is 391 g/mol. The van der Waals surface area contributed by atoms with Crippen LogP contribution in [0.4, 0.5) is 11.4 Å². The highest BCUT2D eigenvalue weighted by Gasteiger charge is 2.20. The molecule has 3 aromatic carbocycles. The van der Waals surface area contributed by atoms with E-state index in [1.165, 1.54) is 5.69 Å². The molecule has 0 amide bonds. The van der Waals surface area contributed by atoms with Crippen molar-refractivity contribution in [3.63, 3.8) is 0 Å². The van der Waals surface area contributed by atoms with E-state index >= 15 is 0 Å². The predicted octanol–water partition coefficient (Wildman–Crippen LogP) is 4.93. The number of fused-ring (bicyclic) bond motifs is 3. The Morgan fingerprint density at radius 3 is 2.29 bits per heavy atom. The van der Waals surface area contributed by atoms with Gasteiger partial charge in [0, 0.05) is 53.7 Å². The van der Waals surface area contributed by atoms with Crippen LogP contribution >= 0.6 is 11.6 Å². The lowest BCUT2D eigenvalue weighted by Crippen LogP contribution is -2.46. The Hall–Kier alpha value is -2.98. The van der Waals surface area contributed by atoms with Crippen LogP contribution in [-0.2, 0) is 0 Å². The second kappa shape index (κ2) is 6.88. The molecule has 4 aromatic rings. The fraction of sp³-hybridized carbons (Fsp3) is 0.174. The van der Waals surface area contributed by atoms with E-state index in [9.17, 15) is 4.79 Å². The number of piperazine rings is 1. The quantitative estimate of drug-likeness (QED) is 0.359. The van der Waals surface area contributed by atoms with Crippen molar-refractivity contribution < 1.29 is 4.42 Å². The smallest absolute Gasteiger partial charge is 0.338 e. The van der Waals surface area contributed by atoms with Crippen molar-refractivity contribution in [1.29, 1.82) is 0 Å². The molecule has 140 valence electrons. The van der Waals surface area contributed by atoms with Crippen LogP contribution in [0, 0.1) is 0 Å². The van der Waals surface area contributed by atoms with E-state index in [2.05, 4.69) is 34.1 Å². The van der Waals surface area contributed by atoms with Gasteiger partial charge < -0.3 is 14.2 Å². The molecule has 5 heteroatoms. The molecule has 0 saturated carbocycles. The van der Waals surface area contributed by atoms with Gasteiger partial charge in [0.05, 0.1) is 5.69 Å². The first-order valence-corrected chi connectivity index (χ1v) is 9.78. The van der Waals surface area contributed by atoms with Crippen LogP contribution in [0.1, 0.15) is 0 Å². The summed E-state index contributed by atoms with van der Waals surface area (Å²) >= 11 is 6.00. The number of rotatable bonds is 2. The summed E-state index contributed by atoms with van der Waals surface area (Å²) in [4.78, 5) is 16.9. The van der Waals surface area contributed by atoms with E-state index in [-0.39, 0.29) is 5.63 Å². The second-order valence-electron chi connectivity index (χ2n) is 7.06. The fourth-order valence-electron chi connectivity index (χ4n) is 3.99. The highest BCUT2D eigenvalue weighted by molar-refractivity contribution is 6.30. The Morgan fingerprint density at radius 1 is 0.786 bits per heavy atom.